The van der Waals surface area contributed by atoms with Gasteiger partial charge in [0.15, 0.2) is 0 Å². The van der Waals surface area contributed by atoms with Crippen molar-refractivity contribution in [3.8, 4) is 0 Å². The summed E-state index contributed by atoms with van der Waals surface area (Å²) in [6.07, 6.45) is 0. The Kier molecular flexibility index (Phi) is 271000. The van der Waals surface area contributed by atoms with Gasteiger partial charge in [0.25, 0.3) is 0 Å². The second-order valence-electron chi connectivity index (χ2n) is 0. The van der Waals surface area contributed by atoms with Gasteiger partial charge in [-0.1, -0.05) is 0 Å². The van der Waals surface area contributed by atoms with Crippen LogP contribution in [0.15, 0.2) is 0 Å². The summed E-state index contributed by atoms with van der Waals surface area (Å²) in [5.74, 6) is 0. The van der Waals surface area contributed by atoms with Crippen molar-refractivity contribution in [2.75, 3.05) is 0 Å². The Bertz CT molecular complexity index is 9.80. The fraction of sp³-hybridized carbons (Fsp3) is 0. The Labute approximate surface area is 97.8 Å². The maximum atomic E-state index is 0. The summed E-state index contributed by atoms with van der Waals surface area (Å²) in [7, 11) is 0. The van der Waals surface area contributed by atoms with E-state index in [0.29, 0.717) is 0 Å². The van der Waals surface area contributed by atoms with Crippen molar-refractivity contribution in [2.24, 2.45) is 0 Å². The average molecular weight is 236 g/mol. The summed E-state index contributed by atoms with van der Waals surface area (Å²) in [6, 6.07) is 0. The van der Waals surface area contributed by atoms with Gasteiger partial charge in [-0.25, -0.2) is 0 Å². The molecule has 88 valence electrons. The maximum absolute atomic E-state index is 0. The third-order valence-electron chi connectivity index (χ3n) is 0. The molecule has 0 spiro atoms. The van der Waals surface area contributed by atoms with Crippen LogP contribution in [0.5, 0.6) is 0 Å². The molecule has 0 aromatic carbocycles. The predicted molar refractivity (Wildman–Crippen MR) is 44.9 cm³/mol. The molecule has 0 fully saturated rings. The van der Waals surface area contributed by atoms with Crippen LogP contribution in [0, 0.1) is 0 Å². The van der Waals surface area contributed by atoms with E-state index in [-0.39, 0.29) is 97.8 Å². The molecule has 0 heterocycles. The smallest absolute Gasteiger partial charge is 0.813 e. The second kappa shape index (κ2) is 1590. The van der Waals surface area contributed by atoms with Gasteiger partial charge in [-0.3, -0.25) is 0 Å². The molecule has 0 rings (SSSR count). The van der Waals surface area contributed by atoms with E-state index in [1.54, 1.807) is 0 Å². The van der Waals surface area contributed by atoms with Crippen LogP contribution in [0.2, 0.25) is 0 Å². The molecule has 0 aliphatic rings. The van der Waals surface area contributed by atoms with Gasteiger partial charge in [-0.15, -0.1) is 0 Å². The van der Waals surface area contributed by atoms with Crippen LogP contribution in [0.25, 0.3) is 0 Å². The van der Waals surface area contributed by atoms with E-state index < -0.39 is 0 Å². The van der Waals surface area contributed by atoms with Crippen molar-refractivity contribution in [2.45, 2.75) is 0 Å². The molecule has 0 unspecified atom stereocenters. The minimum absolute atomic E-state index is 0. The first kappa shape index (κ1) is 2050. The fourth-order valence-corrected chi connectivity index (χ4v) is 0. The maximum Gasteiger partial charge on any atom is 1.00 e. The van der Waals surface area contributed by atoms with E-state index >= 15 is 0 Å². The third-order valence-corrected chi connectivity index (χ3v) is 0. The van der Waals surface area contributed by atoms with E-state index in [9.17, 15) is 0 Å². The van der Waals surface area contributed by atoms with Gasteiger partial charge in [-0.05, 0) is 0 Å². The molecule has 0 aromatic rings. The van der Waals surface area contributed by atoms with E-state index in [1.165, 1.54) is 0 Å². The number of rotatable bonds is 0. The molecule has 0 aliphatic carbocycles. The van der Waals surface area contributed by atoms with Crippen molar-refractivity contribution in [3.05, 3.63) is 0 Å². The van der Waals surface area contributed by atoms with Crippen LogP contribution in [-0.4, -0.2) is 54.8 Å². The number of hydrogen-bond donors (Lipinski definition) is 0. The van der Waals surface area contributed by atoms with Crippen LogP contribution in [-0.2, 0) is 13.5 Å². The molecule has 0 radical (unpaired) electrons. The van der Waals surface area contributed by atoms with Crippen molar-refractivity contribution < 1.29 is 84.3 Å². The Balaban J connectivity index is 0. The standard InChI is InChI=1S/Na.10H2O.H2S/h;11*1H2/q+1;;;;;;;;;;;/p-1. The molecule has 0 aromatic heterocycles. The van der Waals surface area contributed by atoms with Crippen LogP contribution < -0.4 is 29.6 Å². The van der Waals surface area contributed by atoms with Crippen molar-refractivity contribution in [1.29, 1.82) is 0 Å². The first-order chi connectivity index (χ1) is 0. The van der Waals surface area contributed by atoms with Crippen LogP contribution >= 0.6 is 0 Å². The van der Waals surface area contributed by atoms with Gasteiger partial charge in [0.2, 0.25) is 0 Å². The molecule has 12 heavy (non-hydrogen) atoms. The SMILES string of the molecule is O.O.O.O.O.O.O.O.O.O.[Na+].[SH-]. The summed E-state index contributed by atoms with van der Waals surface area (Å²) in [4.78, 5) is 0. The van der Waals surface area contributed by atoms with Gasteiger partial charge in [0.05, 0.1) is 0 Å². The monoisotopic (exact) mass is 236 g/mol. The first-order valence-corrected chi connectivity index (χ1v) is 0. The molecule has 0 aliphatic heterocycles. The Morgan fingerprint density at radius 1 is 0.250 bits per heavy atom. The molecule has 0 saturated carbocycles. The molecular weight excluding hydrogens is 215 g/mol. The summed E-state index contributed by atoms with van der Waals surface area (Å²) < 4.78 is 0. The van der Waals surface area contributed by atoms with Crippen molar-refractivity contribution >= 4 is 13.5 Å². The van der Waals surface area contributed by atoms with E-state index in [1.807, 2.05) is 0 Å². The summed E-state index contributed by atoms with van der Waals surface area (Å²) >= 11 is 0. The number of hydrogen-bond acceptors (Lipinski definition) is 1. The van der Waals surface area contributed by atoms with E-state index in [2.05, 4.69) is 0 Å². The summed E-state index contributed by atoms with van der Waals surface area (Å²) in [5, 5.41) is 0. The van der Waals surface area contributed by atoms with Gasteiger partial charge in [0.1, 0.15) is 0 Å². The third kappa shape index (κ3) is 1200. The molecular formula is H21NaO10S. The van der Waals surface area contributed by atoms with Crippen LogP contribution in [0.4, 0.5) is 0 Å². The average Bonchev–Trinajstić information content (AvgIpc) is 0. The Hall–Kier alpha value is 0.950. The zero-order valence-electron chi connectivity index (χ0n) is 6.45. The Morgan fingerprint density at radius 2 is 0.250 bits per heavy atom. The molecule has 20 N–H and O–H groups in total. The topological polar surface area (TPSA) is 315 Å². The van der Waals surface area contributed by atoms with Crippen molar-refractivity contribution in [3.63, 3.8) is 0 Å². The molecule has 0 bridgehead atoms. The number of thiol groups is 1. The van der Waals surface area contributed by atoms with Crippen LogP contribution in [0.1, 0.15) is 0 Å². The molecule has 12 heteroatoms. The summed E-state index contributed by atoms with van der Waals surface area (Å²) in [5.41, 5.74) is 0. The molecule has 10 nitrogen and oxygen atoms in total. The zero-order chi connectivity index (χ0) is 0. The quantitative estimate of drug-likeness (QED) is 0.220. The fourth-order valence-electron chi connectivity index (χ4n) is 0. The minimum Gasteiger partial charge on any atom is -0.813 e. The van der Waals surface area contributed by atoms with Crippen molar-refractivity contribution in [1.82, 2.24) is 0 Å². The summed E-state index contributed by atoms with van der Waals surface area (Å²) in [6.45, 7) is 0. The van der Waals surface area contributed by atoms with Gasteiger partial charge in [-0.2, -0.15) is 0 Å². The largest absolute Gasteiger partial charge is 1.00 e. The molecule has 0 saturated heterocycles. The van der Waals surface area contributed by atoms with Gasteiger partial charge >= 0.3 is 29.6 Å². The van der Waals surface area contributed by atoms with E-state index in [4.69, 9.17) is 0 Å². The molecule has 0 amide bonds. The van der Waals surface area contributed by atoms with Gasteiger partial charge < -0.3 is 68.3 Å². The normalized spacial score (nSPS) is 0. The molecule has 0 atom stereocenters. The predicted octanol–water partition coefficient (Wildman–Crippen LogP) is -11.5. The zero-order valence-corrected chi connectivity index (χ0v) is 9.34. The Morgan fingerprint density at radius 3 is 0.250 bits per heavy atom. The first-order valence-electron chi connectivity index (χ1n) is 0. The second-order valence-corrected chi connectivity index (χ2v) is 0. The van der Waals surface area contributed by atoms with E-state index in [0.717, 1.165) is 0 Å². The van der Waals surface area contributed by atoms with Gasteiger partial charge in [0, 0.05) is 0 Å². The van der Waals surface area contributed by atoms with Crippen LogP contribution in [0.3, 0.4) is 0 Å². The minimum atomic E-state index is 0.